The third kappa shape index (κ3) is 8.85. The van der Waals surface area contributed by atoms with E-state index in [9.17, 15) is 24.2 Å². The molecule has 2 atom stereocenters. The van der Waals surface area contributed by atoms with E-state index in [4.69, 9.17) is 4.74 Å². The Morgan fingerprint density at radius 1 is 1.30 bits per heavy atom. The van der Waals surface area contributed by atoms with E-state index in [0.717, 1.165) is 0 Å². The molecule has 0 amide bonds. The van der Waals surface area contributed by atoms with Gasteiger partial charge in [0.2, 0.25) is 7.37 Å². The van der Waals surface area contributed by atoms with Crippen LogP contribution >= 0.6 is 7.37 Å². The molecule has 0 saturated heterocycles. The highest BCUT2D eigenvalue weighted by Gasteiger charge is 2.18. The van der Waals surface area contributed by atoms with Gasteiger partial charge < -0.3 is 19.5 Å². The second kappa shape index (κ2) is 8.89. The summed E-state index contributed by atoms with van der Waals surface area (Å²) in [4.78, 5) is 31.6. The van der Waals surface area contributed by atoms with E-state index >= 15 is 0 Å². The van der Waals surface area contributed by atoms with Crippen molar-refractivity contribution in [3.8, 4) is 0 Å². The zero-order valence-electron chi connectivity index (χ0n) is 11.7. The average Bonchev–Trinajstić information content (AvgIpc) is 2.40. The summed E-state index contributed by atoms with van der Waals surface area (Å²) in [6.45, 7) is 5.74. The lowest BCUT2D eigenvalue weighted by molar-refractivity contribution is -0.150. The van der Waals surface area contributed by atoms with Gasteiger partial charge in [-0.1, -0.05) is 13.5 Å². The topological polar surface area (TPSA) is 110 Å². The summed E-state index contributed by atoms with van der Waals surface area (Å²) >= 11 is 0. The minimum atomic E-state index is -3.25. The van der Waals surface area contributed by atoms with Crippen molar-refractivity contribution < 1.29 is 33.6 Å². The molecule has 7 nitrogen and oxygen atoms in total. The SMILES string of the molecule is C=C(C)C(=O)OCC(O)COC(=O)CCP(=O)(O)CC. The Labute approximate surface area is 118 Å². The predicted molar refractivity (Wildman–Crippen MR) is 72.6 cm³/mol. The van der Waals surface area contributed by atoms with E-state index < -0.39 is 25.4 Å². The maximum absolute atomic E-state index is 11.3. The highest BCUT2D eigenvalue weighted by atomic mass is 31.2. The Morgan fingerprint density at radius 3 is 2.35 bits per heavy atom. The molecule has 116 valence electrons. The Kier molecular flexibility index (Phi) is 8.37. The molecule has 0 aliphatic heterocycles. The number of rotatable bonds is 9. The number of ether oxygens (including phenoxy) is 2. The summed E-state index contributed by atoms with van der Waals surface area (Å²) in [5.74, 6) is -1.32. The van der Waals surface area contributed by atoms with Gasteiger partial charge in [0.15, 0.2) is 0 Å². The normalized spacial score (nSPS) is 15.0. The number of carbonyl (C=O) groups is 2. The van der Waals surface area contributed by atoms with Gasteiger partial charge in [0.05, 0.1) is 6.42 Å². The molecular weight excluding hydrogens is 287 g/mol. The van der Waals surface area contributed by atoms with Crippen LogP contribution in [0.4, 0.5) is 0 Å². The molecule has 0 aromatic heterocycles. The van der Waals surface area contributed by atoms with Crippen molar-refractivity contribution in [1.82, 2.24) is 0 Å². The third-order valence-electron chi connectivity index (χ3n) is 2.35. The molecule has 2 N–H and O–H groups in total. The van der Waals surface area contributed by atoms with Gasteiger partial charge in [-0.05, 0) is 6.92 Å². The van der Waals surface area contributed by atoms with Gasteiger partial charge in [-0.3, -0.25) is 9.36 Å². The number of esters is 2. The highest BCUT2D eigenvalue weighted by molar-refractivity contribution is 7.57. The fraction of sp³-hybridized carbons (Fsp3) is 0.667. The molecule has 0 aromatic rings. The lowest BCUT2D eigenvalue weighted by atomic mass is 10.3. The molecule has 0 bridgehead atoms. The molecule has 0 aliphatic carbocycles. The zero-order valence-corrected chi connectivity index (χ0v) is 12.6. The average molecular weight is 308 g/mol. The summed E-state index contributed by atoms with van der Waals surface area (Å²) in [6.07, 6.45) is -1.39. The van der Waals surface area contributed by atoms with Crippen LogP contribution in [0, 0.1) is 0 Å². The van der Waals surface area contributed by atoms with Crippen LogP contribution in [0.3, 0.4) is 0 Å². The van der Waals surface area contributed by atoms with E-state index in [1.54, 1.807) is 6.92 Å². The van der Waals surface area contributed by atoms with Gasteiger partial charge in [-0.25, -0.2) is 4.79 Å². The first-order valence-corrected chi connectivity index (χ1v) is 8.18. The van der Waals surface area contributed by atoms with E-state index in [0.29, 0.717) is 0 Å². The summed E-state index contributed by atoms with van der Waals surface area (Å²) < 4.78 is 20.7. The maximum Gasteiger partial charge on any atom is 0.333 e. The van der Waals surface area contributed by atoms with Crippen LogP contribution in [0.25, 0.3) is 0 Å². The number of hydrogen-bond acceptors (Lipinski definition) is 6. The van der Waals surface area contributed by atoms with Crippen molar-refractivity contribution in [3.63, 3.8) is 0 Å². The molecule has 0 aromatic carbocycles. The minimum Gasteiger partial charge on any atom is -0.463 e. The van der Waals surface area contributed by atoms with Gasteiger partial charge in [0.1, 0.15) is 19.3 Å². The van der Waals surface area contributed by atoms with Crippen LogP contribution in [0.2, 0.25) is 0 Å². The third-order valence-corrected chi connectivity index (χ3v) is 4.26. The van der Waals surface area contributed by atoms with Crippen LogP contribution in [0.5, 0.6) is 0 Å². The van der Waals surface area contributed by atoms with Crippen molar-refractivity contribution in [1.29, 1.82) is 0 Å². The monoisotopic (exact) mass is 308 g/mol. The van der Waals surface area contributed by atoms with Crippen molar-refractivity contribution in [2.75, 3.05) is 25.5 Å². The van der Waals surface area contributed by atoms with Crippen molar-refractivity contribution in [3.05, 3.63) is 12.2 Å². The first-order valence-electron chi connectivity index (χ1n) is 6.15. The second-order valence-electron chi connectivity index (χ2n) is 4.35. The molecule has 0 aliphatic rings. The summed E-state index contributed by atoms with van der Waals surface area (Å²) in [5.41, 5.74) is 0.201. The lowest BCUT2D eigenvalue weighted by Crippen LogP contribution is -2.25. The van der Waals surface area contributed by atoms with Gasteiger partial charge in [-0.15, -0.1) is 0 Å². The van der Waals surface area contributed by atoms with Crippen LogP contribution < -0.4 is 0 Å². The molecule has 0 fully saturated rings. The molecule has 0 rings (SSSR count). The molecule has 8 heteroatoms. The Balaban J connectivity index is 3.87. The number of hydrogen-bond donors (Lipinski definition) is 2. The number of aliphatic hydroxyl groups is 1. The van der Waals surface area contributed by atoms with E-state index in [1.165, 1.54) is 6.92 Å². The van der Waals surface area contributed by atoms with Crippen LogP contribution in [-0.4, -0.2) is 53.6 Å². The van der Waals surface area contributed by atoms with Crippen LogP contribution in [0.15, 0.2) is 12.2 Å². The predicted octanol–water partition coefficient (Wildman–Crippen LogP) is 0.690. The fourth-order valence-corrected chi connectivity index (χ4v) is 1.88. The van der Waals surface area contributed by atoms with Gasteiger partial charge >= 0.3 is 11.9 Å². The summed E-state index contributed by atoms with van der Waals surface area (Å²) in [6, 6.07) is 0. The standard InChI is InChI=1S/C12H21O7P/c1-4-20(16,17)6-5-11(14)18-7-10(13)8-19-12(15)9(2)3/h10,13H,2,4-8H2,1,3H3,(H,16,17). The molecule has 0 heterocycles. The second-order valence-corrected chi connectivity index (χ2v) is 7.12. The first-order chi connectivity index (χ1) is 9.18. The quantitative estimate of drug-likeness (QED) is 0.366. The van der Waals surface area contributed by atoms with E-state index in [2.05, 4.69) is 11.3 Å². The smallest absolute Gasteiger partial charge is 0.333 e. The van der Waals surface area contributed by atoms with Gasteiger partial charge in [0, 0.05) is 17.9 Å². The highest BCUT2D eigenvalue weighted by Crippen LogP contribution is 2.40. The summed E-state index contributed by atoms with van der Waals surface area (Å²) in [5, 5.41) is 9.41. The Bertz CT molecular complexity index is 405. The number of carbonyl (C=O) groups excluding carboxylic acids is 2. The number of aliphatic hydroxyl groups excluding tert-OH is 1. The largest absolute Gasteiger partial charge is 0.463 e. The molecule has 0 saturated carbocycles. The van der Waals surface area contributed by atoms with Crippen molar-refractivity contribution >= 4 is 19.3 Å². The Hall–Kier alpha value is -1.17. The molecule has 2 unspecified atom stereocenters. The summed E-state index contributed by atoms with van der Waals surface area (Å²) in [7, 11) is -3.25. The van der Waals surface area contributed by atoms with Crippen LogP contribution in [-0.2, 0) is 23.6 Å². The van der Waals surface area contributed by atoms with Crippen LogP contribution in [0.1, 0.15) is 20.3 Å². The van der Waals surface area contributed by atoms with Gasteiger partial charge in [-0.2, -0.15) is 0 Å². The molecular formula is C12H21O7P. The Morgan fingerprint density at radius 2 is 1.85 bits per heavy atom. The first kappa shape index (κ1) is 18.8. The zero-order chi connectivity index (χ0) is 15.8. The van der Waals surface area contributed by atoms with E-state index in [1.807, 2.05) is 0 Å². The van der Waals surface area contributed by atoms with Crippen molar-refractivity contribution in [2.45, 2.75) is 26.4 Å². The molecule has 0 radical (unpaired) electrons. The van der Waals surface area contributed by atoms with Crippen molar-refractivity contribution in [2.24, 2.45) is 0 Å². The fourth-order valence-electron chi connectivity index (χ4n) is 1.03. The lowest BCUT2D eigenvalue weighted by Gasteiger charge is -2.12. The maximum atomic E-state index is 11.3. The molecule has 0 spiro atoms. The minimum absolute atomic E-state index is 0.0970. The molecule has 20 heavy (non-hydrogen) atoms. The van der Waals surface area contributed by atoms with E-state index in [-0.39, 0.29) is 37.5 Å². The van der Waals surface area contributed by atoms with Gasteiger partial charge in [0.25, 0.3) is 0 Å².